The van der Waals surface area contributed by atoms with Crippen LogP contribution < -0.4 is 11.5 Å². The molecular weight excluding hydrogens is 392 g/mol. The molecule has 0 saturated carbocycles. The van der Waals surface area contributed by atoms with Gasteiger partial charge in [0.15, 0.2) is 0 Å². The summed E-state index contributed by atoms with van der Waals surface area (Å²) in [5, 5.41) is 0. The minimum atomic E-state index is -4.91. The average molecular weight is 425 g/mol. The van der Waals surface area contributed by atoms with Crippen LogP contribution in [0.4, 0.5) is 0 Å². The topological polar surface area (TPSA) is 161 Å². The minimum Gasteiger partial charge on any atom is -0.330 e. The molecular formula is C17H32N2O6S2. The van der Waals surface area contributed by atoms with Crippen LogP contribution in [-0.2, 0) is 20.2 Å². The molecule has 0 atom stereocenters. The molecule has 1 aromatic rings. The Balaban J connectivity index is 0.000000516. The molecule has 0 radical (unpaired) electrons. The van der Waals surface area contributed by atoms with E-state index in [0.29, 0.717) is 0 Å². The zero-order valence-corrected chi connectivity index (χ0v) is 17.2. The summed E-state index contributed by atoms with van der Waals surface area (Å²) in [6.07, 6.45) is 10.5. The first-order chi connectivity index (χ1) is 12.6. The van der Waals surface area contributed by atoms with Crippen molar-refractivity contribution < 1.29 is 25.9 Å². The first-order valence-corrected chi connectivity index (χ1v) is 12.0. The van der Waals surface area contributed by atoms with Gasteiger partial charge in [-0.2, -0.15) is 16.8 Å². The number of nitrogens with two attached hydrogens (primary N) is 2. The minimum absolute atomic E-state index is 0.220. The molecule has 0 saturated heterocycles. The molecule has 0 heterocycles. The predicted molar refractivity (Wildman–Crippen MR) is 107 cm³/mol. The highest BCUT2D eigenvalue weighted by molar-refractivity contribution is 8.03. The Morgan fingerprint density at radius 3 is 1.30 bits per heavy atom. The maximum Gasteiger partial charge on any atom is 0.289 e. The summed E-state index contributed by atoms with van der Waals surface area (Å²) in [6.45, 7) is 1.71. The second-order valence-electron chi connectivity index (χ2n) is 6.18. The van der Waals surface area contributed by atoms with Crippen molar-refractivity contribution in [2.45, 2.75) is 55.9 Å². The Kier molecular flexibility index (Phi) is 13.5. The van der Waals surface area contributed by atoms with Crippen LogP contribution in [0.5, 0.6) is 0 Å². The summed E-state index contributed by atoms with van der Waals surface area (Å²) < 4.78 is 58.2. The fourth-order valence-corrected chi connectivity index (χ4v) is 4.69. The predicted octanol–water partition coefficient (Wildman–Crippen LogP) is 2.49. The van der Waals surface area contributed by atoms with Crippen LogP contribution in [0.3, 0.4) is 0 Å². The van der Waals surface area contributed by atoms with Gasteiger partial charge in [-0.3, -0.25) is 9.11 Å². The molecule has 0 unspecified atom stereocenters. The summed E-state index contributed by atoms with van der Waals surface area (Å²) in [6, 6.07) is 6.66. The van der Waals surface area contributed by atoms with Crippen LogP contribution in [-0.4, -0.2) is 39.0 Å². The van der Waals surface area contributed by atoms with Crippen LogP contribution in [0.2, 0.25) is 0 Å². The van der Waals surface area contributed by atoms with E-state index in [-0.39, 0.29) is 5.56 Å². The highest BCUT2D eigenvalue weighted by atomic mass is 32.3. The van der Waals surface area contributed by atoms with E-state index in [1.165, 1.54) is 81.7 Å². The number of benzene rings is 1. The average Bonchev–Trinajstić information content (AvgIpc) is 2.56. The van der Waals surface area contributed by atoms with Crippen LogP contribution in [0, 0.1) is 0 Å². The van der Waals surface area contributed by atoms with Gasteiger partial charge in [0.25, 0.3) is 20.2 Å². The highest BCUT2D eigenvalue weighted by Crippen LogP contribution is 2.26. The molecule has 1 rings (SSSR count). The van der Waals surface area contributed by atoms with Gasteiger partial charge < -0.3 is 11.5 Å². The highest BCUT2D eigenvalue weighted by Gasteiger charge is 2.36. The third kappa shape index (κ3) is 12.9. The smallest absolute Gasteiger partial charge is 0.289 e. The molecule has 0 aliphatic carbocycles. The van der Waals surface area contributed by atoms with Crippen LogP contribution in [0.25, 0.3) is 0 Å². The normalized spacial score (nSPS) is 11.9. The van der Waals surface area contributed by atoms with Gasteiger partial charge in [0, 0.05) is 0 Å². The van der Waals surface area contributed by atoms with Gasteiger partial charge in [0.05, 0.1) is 0 Å². The molecule has 6 N–H and O–H groups in total. The number of hydrogen-bond donors (Lipinski definition) is 4. The second-order valence-corrected chi connectivity index (χ2v) is 9.48. The van der Waals surface area contributed by atoms with E-state index in [0.717, 1.165) is 13.1 Å². The van der Waals surface area contributed by atoms with Gasteiger partial charge in [-0.05, 0) is 31.5 Å². The van der Waals surface area contributed by atoms with E-state index in [2.05, 4.69) is 0 Å². The lowest BCUT2D eigenvalue weighted by Gasteiger charge is -2.10. The molecule has 1 aromatic carbocycles. The van der Waals surface area contributed by atoms with E-state index in [1.807, 2.05) is 0 Å². The quantitative estimate of drug-likeness (QED) is 0.294. The summed E-state index contributed by atoms with van der Waals surface area (Å²) >= 11 is 0. The second kappa shape index (κ2) is 14.0. The lowest BCUT2D eigenvalue weighted by Crippen LogP contribution is -2.21. The van der Waals surface area contributed by atoms with Gasteiger partial charge in [-0.25, -0.2) is 0 Å². The van der Waals surface area contributed by atoms with Gasteiger partial charge in [0.1, 0.15) is 0 Å². The first kappa shape index (κ1) is 26.0. The molecule has 10 heteroatoms. The Bertz CT molecular complexity index is 651. The summed E-state index contributed by atoms with van der Waals surface area (Å²) in [7, 11) is -9.83. The van der Waals surface area contributed by atoms with Crippen molar-refractivity contribution in [2.24, 2.45) is 11.5 Å². The Labute approximate surface area is 162 Å². The van der Waals surface area contributed by atoms with Crippen molar-refractivity contribution in [3.63, 3.8) is 0 Å². The van der Waals surface area contributed by atoms with Crippen molar-refractivity contribution in [3.8, 4) is 0 Å². The largest absolute Gasteiger partial charge is 0.330 e. The van der Waals surface area contributed by atoms with Crippen LogP contribution in [0.15, 0.2) is 30.3 Å². The van der Waals surface area contributed by atoms with E-state index >= 15 is 0 Å². The zero-order chi connectivity index (χ0) is 20.8. The molecule has 0 aliphatic heterocycles. The maximum absolute atomic E-state index is 10.8. The van der Waals surface area contributed by atoms with Crippen LogP contribution >= 0.6 is 0 Å². The third-order valence-corrected chi connectivity index (χ3v) is 6.86. The first-order valence-electron chi connectivity index (χ1n) is 9.02. The van der Waals surface area contributed by atoms with E-state index in [9.17, 15) is 16.8 Å². The van der Waals surface area contributed by atoms with Crippen molar-refractivity contribution in [1.29, 1.82) is 0 Å². The Morgan fingerprint density at radius 2 is 1.00 bits per heavy atom. The number of hydrogen-bond acceptors (Lipinski definition) is 6. The third-order valence-electron chi connectivity index (χ3n) is 3.77. The molecule has 27 heavy (non-hydrogen) atoms. The number of rotatable bonds is 12. The molecule has 0 spiro atoms. The summed E-state index contributed by atoms with van der Waals surface area (Å²) in [4.78, 5) is 0. The Morgan fingerprint density at radius 1 is 0.667 bits per heavy atom. The van der Waals surface area contributed by atoms with E-state index in [4.69, 9.17) is 20.6 Å². The summed E-state index contributed by atoms with van der Waals surface area (Å²) in [5.74, 6) is 0. The molecule has 0 aromatic heterocycles. The monoisotopic (exact) mass is 424 g/mol. The fraction of sp³-hybridized carbons (Fsp3) is 0.647. The Hall–Kier alpha value is -1.04. The standard InChI is InChI=1S/C10H24N2.C7H8O6S2/c11-9-7-5-3-1-2-4-6-8-10-12;8-14(9,10)7(15(11,12)13)6-4-2-1-3-5-6/h1-12H2;1-5,7H,(H,8,9,10)(H,11,12,13). The van der Waals surface area contributed by atoms with Gasteiger partial charge >= 0.3 is 0 Å². The van der Waals surface area contributed by atoms with Gasteiger partial charge in [-0.1, -0.05) is 68.9 Å². The van der Waals surface area contributed by atoms with Crippen molar-refractivity contribution >= 4 is 20.2 Å². The molecule has 0 bridgehead atoms. The van der Waals surface area contributed by atoms with Crippen LogP contribution in [0.1, 0.15) is 61.5 Å². The van der Waals surface area contributed by atoms with Crippen molar-refractivity contribution in [3.05, 3.63) is 35.9 Å². The lowest BCUT2D eigenvalue weighted by atomic mass is 10.1. The zero-order valence-electron chi connectivity index (χ0n) is 15.5. The maximum atomic E-state index is 10.8. The number of unbranched alkanes of at least 4 members (excludes halogenated alkanes) is 7. The summed E-state index contributed by atoms with van der Waals surface area (Å²) in [5.41, 5.74) is 10.6. The fourth-order valence-electron chi connectivity index (χ4n) is 2.46. The molecule has 158 valence electrons. The SMILES string of the molecule is NCCCCCCCCCCN.O=S(=O)(O)C(c1ccccc1)S(=O)(=O)O. The molecule has 0 amide bonds. The van der Waals surface area contributed by atoms with E-state index in [1.54, 1.807) is 0 Å². The van der Waals surface area contributed by atoms with Crippen molar-refractivity contribution in [2.75, 3.05) is 13.1 Å². The van der Waals surface area contributed by atoms with Crippen molar-refractivity contribution in [1.82, 2.24) is 0 Å². The lowest BCUT2D eigenvalue weighted by molar-refractivity contribution is 0.456. The van der Waals surface area contributed by atoms with Gasteiger partial charge in [0.2, 0.25) is 4.58 Å². The molecule has 8 nitrogen and oxygen atoms in total. The molecule has 0 fully saturated rings. The molecule has 0 aliphatic rings. The van der Waals surface area contributed by atoms with E-state index < -0.39 is 24.8 Å². The van der Waals surface area contributed by atoms with Gasteiger partial charge in [-0.15, -0.1) is 0 Å².